The number of anilines is 1. The van der Waals surface area contributed by atoms with Crippen molar-refractivity contribution in [3.05, 3.63) is 51.8 Å². The average molecular weight is 351 g/mol. The molecular formula is C15H15BrN2O3. The quantitative estimate of drug-likeness (QED) is 0.857. The number of nitrogens with zero attached hydrogens (tertiary/aromatic N) is 1. The van der Waals surface area contributed by atoms with Crippen LogP contribution in [0.2, 0.25) is 0 Å². The maximum atomic E-state index is 12.1. The second kappa shape index (κ2) is 6.58. The summed E-state index contributed by atoms with van der Waals surface area (Å²) in [6.45, 7) is 1.86. The SMILES string of the molecule is COc1ccc(Br)c(COC(=O)c2cc(N)cnc2C)c1. The number of halogens is 1. The molecule has 0 atom stereocenters. The number of pyridine rings is 1. The van der Waals surface area contributed by atoms with E-state index in [0.717, 1.165) is 10.0 Å². The van der Waals surface area contributed by atoms with Gasteiger partial charge in [0.1, 0.15) is 12.4 Å². The zero-order valence-corrected chi connectivity index (χ0v) is 13.3. The van der Waals surface area contributed by atoms with Crippen molar-refractivity contribution in [1.82, 2.24) is 4.98 Å². The van der Waals surface area contributed by atoms with Crippen LogP contribution in [0, 0.1) is 6.92 Å². The highest BCUT2D eigenvalue weighted by molar-refractivity contribution is 9.10. The van der Waals surface area contributed by atoms with E-state index in [1.165, 1.54) is 6.20 Å². The summed E-state index contributed by atoms with van der Waals surface area (Å²) in [6, 6.07) is 7.03. The molecule has 2 N–H and O–H groups in total. The van der Waals surface area contributed by atoms with E-state index in [1.54, 1.807) is 20.1 Å². The predicted molar refractivity (Wildman–Crippen MR) is 83.2 cm³/mol. The number of benzene rings is 1. The molecule has 0 unspecified atom stereocenters. The van der Waals surface area contributed by atoms with Crippen molar-refractivity contribution in [2.24, 2.45) is 0 Å². The molecule has 5 nitrogen and oxygen atoms in total. The van der Waals surface area contributed by atoms with Crippen LogP contribution in [0.1, 0.15) is 21.6 Å². The number of ether oxygens (including phenoxy) is 2. The number of esters is 1. The molecule has 0 saturated carbocycles. The maximum Gasteiger partial charge on any atom is 0.340 e. The second-order valence-electron chi connectivity index (χ2n) is 4.44. The molecule has 2 rings (SSSR count). The Kier molecular flexibility index (Phi) is 4.80. The third kappa shape index (κ3) is 3.72. The van der Waals surface area contributed by atoms with Gasteiger partial charge in [0, 0.05) is 10.0 Å². The number of carbonyl (C=O) groups is 1. The predicted octanol–water partition coefficient (Wildman–Crippen LogP) is 3.10. The van der Waals surface area contributed by atoms with Crippen LogP contribution in [-0.4, -0.2) is 18.1 Å². The van der Waals surface area contributed by atoms with Crippen LogP contribution in [0.15, 0.2) is 34.9 Å². The molecule has 0 aliphatic heterocycles. The molecule has 1 aromatic carbocycles. The molecule has 110 valence electrons. The van der Waals surface area contributed by atoms with Crippen molar-refractivity contribution >= 4 is 27.6 Å². The minimum absolute atomic E-state index is 0.130. The van der Waals surface area contributed by atoms with Gasteiger partial charge >= 0.3 is 5.97 Å². The minimum Gasteiger partial charge on any atom is -0.497 e. The fourth-order valence-electron chi connectivity index (χ4n) is 1.77. The maximum absolute atomic E-state index is 12.1. The Balaban J connectivity index is 2.12. The standard InChI is InChI=1S/C15H15BrN2O3/c1-9-13(6-11(17)7-18-9)15(19)21-8-10-5-12(20-2)3-4-14(10)16/h3-7H,8,17H2,1-2H3. The molecule has 0 aliphatic carbocycles. The second-order valence-corrected chi connectivity index (χ2v) is 5.29. The Labute approximate surface area is 131 Å². The first-order valence-electron chi connectivity index (χ1n) is 6.23. The summed E-state index contributed by atoms with van der Waals surface area (Å²) in [4.78, 5) is 16.1. The van der Waals surface area contributed by atoms with Crippen LogP contribution in [0.3, 0.4) is 0 Å². The number of aryl methyl sites for hydroxylation is 1. The van der Waals surface area contributed by atoms with E-state index in [1.807, 2.05) is 18.2 Å². The van der Waals surface area contributed by atoms with E-state index in [4.69, 9.17) is 15.2 Å². The molecule has 0 spiro atoms. The lowest BCUT2D eigenvalue weighted by molar-refractivity contribution is 0.0470. The van der Waals surface area contributed by atoms with Gasteiger partial charge in [0.25, 0.3) is 0 Å². The number of methoxy groups -OCH3 is 1. The Bertz CT molecular complexity index is 674. The summed E-state index contributed by atoms with van der Waals surface area (Å²) in [5.74, 6) is 0.244. The van der Waals surface area contributed by atoms with Crippen LogP contribution in [0.5, 0.6) is 5.75 Å². The van der Waals surface area contributed by atoms with Gasteiger partial charge in [0.15, 0.2) is 0 Å². The van der Waals surface area contributed by atoms with Crippen molar-refractivity contribution in [2.75, 3.05) is 12.8 Å². The first kappa shape index (κ1) is 15.3. The van der Waals surface area contributed by atoms with E-state index in [2.05, 4.69) is 20.9 Å². The molecule has 1 aromatic heterocycles. The topological polar surface area (TPSA) is 74.4 Å². The van der Waals surface area contributed by atoms with Crippen LogP contribution in [-0.2, 0) is 11.3 Å². The first-order chi connectivity index (χ1) is 10.0. The van der Waals surface area contributed by atoms with Crippen molar-refractivity contribution in [3.8, 4) is 5.75 Å². The number of rotatable bonds is 4. The number of nitrogen functional groups attached to an aromatic ring is 1. The molecule has 6 heteroatoms. The molecule has 0 fully saturated rings. The van der Waals surface area contributed by atoms with Gasteiger partial charge in [-0.2, -0.15) is 0 Å². The summed E-state index contributed by atoms with van der Waals surface area (Å²) in [7, 11) is 1.58. The Morgan fingerprint density at radius 3 is 2.86 bits per heavy atom. The van der Waals surface area contributed by atoms with Gasteiger partial charge in [-0.3, -0.25) is 4.98 Å². The lowest BCUT2D eigenvalue weighted by atomic mass is 10.2. The number of aromatic nitrogens is 1. The van der Waals surface area contributed by atoms with E-state index < -0.39 is 5.97 Å². The molecule has 0 saturated heterocycles. The highest BCUT2D eigenvalue weighted by atomic mass is 79.9. The van der Waals surface area contributed by atoms with Crippen LogP contribution < -0.4 is 10.5 Å². The van der Waals surface area contributed by atoms with E-state index >= 15 is 0 Å². The number of hydrogen-bond donors (Lipinski definition) is 1. The fourth-order valence-corrected chi connectivity index (χ4v) is 2.13. The lowest BCUT2D eigenvalue weighted by Gasteiger charge is -2.10. The number of carbonyl (C=O) groups excluding carboxylic acids is 1. The third-order valence-electron chi connectivity index (χ3n) is 2.94. The smallest absolute Gasteiger partial charge is 0.340 e. The molecular weight excluding hydrogens is 336 g/mol. The lowest BCUT2D eigenvalue weighted by Crippen LogP contribution is -2.09. The minimum atomic E-state index is -0.456. The van der Waals surface area contributed by atoms with Gasteiger partial charge in [-0.25, -0.2) is 4.79 Å². The molecule has 2 aromatic rings. The Hall–Kier alpha value is -2.08. The van der Waals surface area contributed by atoms with Gasteiger partial charge in [0.05, 0.1) is 30.3 Å². The summed E-state index contributed by atoms with van der Waals surface area (Å²) < 4.78 is 11.3. The van der Waals surface area contributed by atoms with Crippen LogP contribution in [0.4, 0.5) is 5.69 Å². The molecule has 0 amide bonds. The highest BCUT2D eigenvalue weighted by Gasteiger charge is 2.13. The molecule has 0 radical (unpaired) electrons. The molecule has 21 heavy (non-hydrogen) atoms. The molecule has 1 heterocycles. The first-order valence-corrected chi connectivity index (χ1v) is 7.02. The van der Waals surface area contributed by atoms with Gasteiger partial charge < -0.3 is 15.2 Å². The van der Waals surface area contributed by atoms with Crippen molar-refractivity contribution in [1.29, 1.82) is 0 Å². The zero-order valence-electron chi connectivity index (χ0n) is 11.7. The van der Waals surface area contributed by atoms with Crippen molar-refractivity contribution in [2.45, 2.75) is 13.5 Å². The van der Waals surface area contributed by atoms with Gasteiger partial charge in [0.2, 0.25) is 0 Å². The summed E-state index contributed by atoms with van der Waals surface area (Å²) in [6.07, 6.45) is 1.50. The number of hydrogen-bond acceptors (Lipinski definition) is 5. The normalized spacial score (nSPS) is 10.2. The molecule has 0 bridgehead atoms. The summed E-state index contributed by atoms with van der Waals surface area (Å²) in [5.41, 5.74) is 7.83. The van der Waals surface area contributed by atoms with Crippen LogP contribution in [0.25, 0.3) is 0 Å². The Morgan fingerprint density at radius 1 is 1.38 bits per heavy atom. The monoisotopic (exact) mass is 350 g/mol. The van der Waals surface area contributed by atoms with Crippen LogP contribution >= 0.6 is 15.9 Å². The van der Waals surface area contributed by atoms with E-state index in [0.29, 0.717) is 22.7 Å². The van der Waals surface area contributed by atoms with E-state index in [-0.39, 0.29) is 6.61 Å². The molecule has 0 aliphatic rings. The van der Waals surface area contributed by atoms with Crippen molar-refractivity contribution < 1.29 is 14.3 Å². The summed E-state index contributed by atoms with van der Waals surface area (Å²) >= 11 is 3.41. The fraction of sp³-hybridized carbons (Fsp3) is 0.200. The highest BCUT2D eigenvalue weighted by Crippen LogP contribution is 2.23. The number of nitrogens with two attached hydrogens (primary N) is 1. The van der Waals surface area contributed by atoms with Gasteiger partial charge in [-0.05, 0) is 31.2 Å². The Morgan fingerprint density at radius 2 is 2.14 bits per heavy atom. The third-order valence-corrected chi connectivity index (χ3v) is 3.71. The largest absolute Gasteiger partial charge is 0.497 e. The van der Waals surface area contributed by atoms with Gasteiger partial charge in [-0.15, -0.1) is 0 Å². The summed E-state index contributed by atoms with van der Waals surface area (Å²) in [5, 5.41) is 0. The van der Waals surface area contributed by atoms with Gasteiger partial charge in [-0.1, -0.05) is 15.9 Å². The van der Waals surface area contributed by atoms with E-state index in [9.17, 15) is 4.79 Å². The zero-order chi connectivity index (χ0) is 15.4. The average Bonchev–Trinajstić information content (AvgIpc) is 2.48. The van der Waals surface area contributed by atoms with Crippen molar-refractivity contribution in [3.63, 3.8) is 0 Å².